The summed E-state index contributed by atoms with van der Waals surface area (Å²) in [4.78, 5) is 21.9. The van der Waals surface area contributed by atoms with Crippen molar-refractivity contribution in [2.24, 2.45) is 0 Å². The fraction of sp³-hybridized carbons (Fsp3) is 0.192. The topological polar surface area (TPSA) is 73.0 Å². The lowest BCUT2D eigenvalue weighted by atomic mass is 9.98. The van der Waals surface area contributed by atoms with Gasteiger partial charge in [-0.2, -0.15) is 0 Å². The fourth-order valence-corrected chi connectivity index (χ4v) is 4.44. The molecule has 158 valence electrons. The van der Waals surface area contributed by atoms with Crippen molar-refractivity contribution in [2.75, 3.05) is 5.32 Å². The molecule has 6 rings (SSSR count). The van der Waals surface area contributed by atoms with Crippen LogP contribution in [-0.2, 0) is 6.54 Å². The second-order valence-electron chi connectivity index (χ2n) is 8.34. The molecule has 3 aromatic heterocycles. The summed E-state index contributed by atoms with van der Waals surface area (Å²) < 4.78 is 7.52. The smallest absolute Gasteiger partial charge is 0.281 e. The maximum absolute atomic E-state index is 13.1. The zero-order valence-electron chi connectivity index (χ0n) is 17.7. The Hall–Kier alpha value is -3.93. The van der Waals surface area contributed by atoms with E-state index >= 15 is 0 Å². The molecule has 5 aromatic rings. The highest BCUT2D eigenvalue weighted by atomic mass is 16.3. The van der Waals surface area contributed by atoms with Crippen molar-refractivity contribution in [2.45, 2.75) is 32.4 Å². The van der Waals surface area contributed by atoms with Crippen LogP contribution in [0, 0.1) is 6.92 Å². The minimum absolute atomic E-state index is 0.0671. The van der Waals surface area contributed by atoms with Crippen molar-refractivity contribution >= 4 is 27.8 Å². The molecule has 0 atom stereocenters. The Morgan fingerprint density at radius 3 is 2.66 bits per heavy atom. The number of nitrogens with zero attached hydrogens (tertiary/aromatic N) is 3. The first kappa shape index (κ1) is 18.8. The number of hydrogen-bond donors (Lipinski definition) is 1. The number of aromatic nitrogens is 3. The van der Waals surface area contributed by atoms with Gasteiger partial charge in [-0.15, -0.1) is 0 Å². The molecule has 1 N–H and O–H groups in total. The Labute approximate surface area is 184 Å². The molecule has 6 heteroatoms. The summed E-state index contributed by atoms with van der Waals surface area (Å²) >= 11 is 0. The van der Waals surface area contributed by atoms with Gasteiger partial charge in [-0.25, -0.2) is 9.97 Å². The van der Waals surface area contributed by atoms with Gasteiger partial charge in [0.15, 0.2) is 17.5 Å². The lowest BCUT2D eigenvalue weighted by Gasteiger charge is -2.15. The van der Waals surface area contributed by atoms with E-state index in [1.54, 1.807) is 0 Å². The van der Waals surface area contributed by atoms with Gasteiger partial charge in [0.05, 0.1) is 5.52 Å². The maximum Gasteiger partial charge on any atom is 0.281 e. The molecule has 0 bridgehead atoms. The third-order valence-corrected chi connectivity index (χ3v) is 6.21. The van der Waals surface area contributed by atoms with E-state index in [1.807, 2.05) is 41.1 Å². The molecule has 0 aliphatic heterocycles. The molecule has 0 amide bonds. The van der Waals surface area contributed by atoms with Gasteiger partial charge >= 0.3 is 0 Å². The average molecular weight is 422 g/mol. The van der Waals surface area contributed by atoms with Gasteiger partial charge in [0.1, 0.15) is 5.82 Å². The van der Waals surface area contributed by atoms with Gasteiger partial charge in [-0.05, 0) is 54.7 Å². The molecule has 3 heterocycles. The van der Waals surface area contributed by atoms with E-state index in [9.17, 15) is 4.79 Å². The van der Waals surface area contributed by atoms with Crippen LogP contribution >= 0.6 is 0 Å². The molecule has 2 aromatic carbocycles. The number of aryl methyl sites for hydroxylation is 1. The number of oxazole rings is 1. The van der Waals surface area contributed by atoms with Crippen LogP contribution in [0.15, 0.2) is 76.4 Å². The number of anilines is 1. The Bertz CT molecular complexity index is 1500. The van der Waals surface area contributed by atoms with E-state index in [0.29, 0.717) is 11.1 Å². The Kier molecular flexibility index (Phi) is 4.31. The Morgan fingerprint density at radius 1 is 1.06 bits per heavy atom. The minimum atomic E-state index is -0.0671. The Morgan fingerprint density at radius 2 is 1.91 bits per heavy atom. The number of rotatable bonds is 5. The maximum atomic E-state index is 13.1. The molecular formula is C26H22N4O2. The predicted molar refractivity (Wildman–Crippen MR) is 126 cm³/mol. The number of fused-ring (bicyclic) bond motifs is 3. The van der Waals surface area contributed by atoms with E-state index in [4.69, 9.17) is 4.42 Å². The van der Waals surface area contributed by atoms with Gasteiger partial charge in [0.25, 0.3) is 5.56 Å². The van der Waals surface area contributed by atoms with Crippen LogP contribution in [0.4, 0.5) is 5.82 Å². The van der Waals surface area contributed by atoms with Crippen molar-refractivity contribution in [1.82, 2.24) is 14.5 Å². The second kappa shape index (κ2) is 7.34. The van der Waals surface area contributed by atoms with Crippen molar-refractivity contribution in [3.05, 3.63) is 88.7 Å². The van der Waals surface area contributed by atoms with Crippen molar-refractivity contribution in [1.29, 1.82) is 0 Å². The highest BCUT2D eigenvalue weighted by Crippen LogP contribution is 2.40. The summed E-state index contributed by atoms with van der Waals surface area (Å²) in [5.74, 6) is 0.828. The van der Waals surface area contributed by atoms with E-state index in [1.165, 1.54) is 12.0 Å². The summed E-state index contributed by atoms with van der Waals surface area (Å²) in [6.45, 7) is 2.79. The van der Waals surface area contributed by atoms with Crippen molar-refractivity contribution < 1.29 is 4.42 Å². The highest BCUT2D eigenvalue weighted by Gasteiger charge is 2.29. The molecule has 1 aliphatic rings. The molecule has 0 unspecified atom stereocenters. The molecule has 0 spiro atoms. The van der Waals surface area contributed by atoms with E-state index < -0.39 is 0 Å². The summed E-state index contributed by atoms with van der Waals surface area (Å²) in [6.07, 6.45) is 5.28. The molecular weight excluding hydrogens is 400 g/mol. The number of benzene rings is 2. The van der Waals surface area contributed by atoms with E-state index in [0.717, 1.165) is 52.8 Å². The van der Waals surface area contributed by atoms with Crippen molar-refractivity contribution in [3.8, 4) is 11.1 Å². The van der Waals surface area contributed by atoms with E-state index in [2.05, 4.69) is 46.5 Å². The van der Waals surface area contributed by atoms with Crippen LogP contribution in [0.3, 0.4) is 0 Å². The van der Waals surface area contributed by atoms with Crippen LogP contribution in [0.5, 0.6) is 0 Å². The van der Waals surface area contributed by atoms with Gasteiger partial charge in [-0.1, -0.05) is 36.4 Å². The third-order valence-electron chi connectivity index (χ3n) is 6.21. The first-order valence-electron chi connectivity index (χ1n) is 10.9. The molecule has 0 radical (unpaired) electrons. The van der Waals surface area contributed by atoms with E-state index in [-0.39, 0.29) is 11.6 Å². The third kappa shape index (κ3) is 3.07. The summed E-state index contributed by atoms with van der Waals surface area (Å²) in [5.41, 5.74) is 6.18. The molecule has 0 saturated heterocycles. The van der Waals surface area contributed by atoms with Gasteiger partial charge in [0.2, 0.25) is 0 Å². The molecule has 32 heavy (non-hydrogen) atoms. The zero-order valence-corrected chi connectivity index (χ0v) is 17.7. The van der Waals surface area contributed by atoms with Gasteiger partial charge < -0.3 is 14.3 Å². The number of hydrogen-bond acceptors (Lipinski definition) is 5. The highest BCUT2D eigenvalue weighted by molar-refractivity contribution is 6.04. The summed E-state index contributed by atoms with van der Waals surface area (Å²) in [5, 5.41) is 4.29. The van der Waals surface area contributed by atoms with Crippen LogP contribution in [0.1, 0.15) is 30.0 Å². The van der Waals surface area contributed by atoms with Gasteiger partial charge in [0, 0.05) is 29.7 Å². The van der Waals surface area contributed by atoms with Crippen LogP contribution < -0.4 is 10.9 Å². The quantitative estimate of drug-likeness (QED) is 0.407. The number of pyridine rings is 2. The largest absolute Gasteiger partial charge is 0.443 e. The zero-order chi connectivity index (χ0) is 21.7. The average Bonchev–Trinajstić information content (AvgIpc) is 3.54. The normalized spacial score (nSPS) is 13.7. The standard InChI is InChI=1S/C26H22N4O2/c1-16-20(18-7-12-22(28-14-18)27-13-17-5-3-2-4-6-17)10-11-21-24(16)30(19-8-9-19)26(31)23-25(21)32-15-29-23/h2-7,10-12,14-15,19H,8-9,13H2,1H3,(H,27,28). The fourth-order valence-electron chi connectivity index (χ4n) is 4.44. The molecule has 6 nitrogen and oxygen atoms in total. The van der Waals surface area contributed by atoms with Crippen LogP contribution in [0.2, 0.25) is 0 Å². The lowest BCUT2D eigenvalue weighted by molar-refractivity contribution is 0.604. The predicted octanol–water partition coefficient (Wildman–Crippen LogP) is 5.46. The molecule has 1 saturated carbocycles. The SMILES string of the molecule is Cc1c(-c2ccc(NCc3ccccc3)nc2)ccc2c3ocnc3c(=O)n(C3CC3)c12. The first-order valence-corrected chi connectivity index (χ1v) is 10.9. The second-order valence-corrected chi connectivity index (χ2v) is 8.34. The Balaban J connectivity index is 1.40. The van der Waals surface area contributed by atoms with Crippen molar-refractivity contribution in [3.63, 3.8) is 0 Å². The summed E-state index contributed by atoms with van der Waals surface area (Å²) in [7, 11) is 0. The molecule has 1 fully saturated rings. The monoisotopic (exact) mass is 422 g/mol. The lowest BCUT2D eigenvalue weighted by Crippen LogP contribution is -2.20. The molecule has 1 aliphatic carbocycles. The van der Waals surface area contributed by atoms with Gasteiger partial charge in [-0.3, -0.25) is 4.79 Å². The van der Waals surface area contributed by atoms with Crippen LogP contribution in [0.25, 0.3) is 33.1 Å². The summed E-state index contributed by atoms with van der Waals surface area (Å²) in [6, 6.07) is 18.7. The first-order chi connectivity index (χ1) is 15.7. The van der Waals surface area contributed by atoms with Crippen LogP contribution in [-0.4, -0.2) is 14.5 Å². The number of nitrogens with one attached hydrogen (secondary N) is 1. The minimum Gasteiger partial charge on any atom is -0.443 e.